The molecule has 4 rings (SSSR count). The Kier molecular flexibility index (Phi) is 10.2. The Morgan fingerprint density at radius 3 is 2.69 bits per heavy atom. The predicted octanol–water partition coefficient (Wildman–Crippen LogP) is -1.78. The Labute approximate surface area is 224 Å². The fourth-order valence-corrected chi connectivity index (χ4v) is 4.52. The van der Waals surface area contributed by atoms with Crippen molar-refractivity contribution in [3.8, 4) is 0 Å². The van der Waals surface area contributed by atoms with Gasteiger partial charge in [-0.15, -0.1) is 0 Å². The van der Waals surface area contributed by atoms with Crippen molar-refractivity contribution in [2.75, 3.05) is 33.2 Å². The first-order valence-corrected chi connectivity index (χ1v) is 12.5. The summed E-state index contributed by atoms with van der Waals surface area (Å²) in [5.41, 5.74) is 1.29. The summed E-state index contributed by atoms with van der Waals surface area (Å²) in [4.78, 5) is 25.4. The molecule has 2 heterocycles. The Morgan fingerprint density at radius 2 is 1.92 bits per heavy atom. The molecule has 13 nitrogen and oxygen atoms in total. The molecular weight excluding hydrogens is 518 g/mol. The van der Waals surface area contributed by atoms with E-state index < -0.39 is 61.6 Å². The lowest BCUT2D eigenvalue weighted by molar-refractivity contribution is -0.298. The van der Waals surface area contributed by atoms with E-state index in [0.717, 1.165) is 0 Å². The molecule has 3 aliphatic rings. The van der Waals surface area contributed by atoms with Crippen molar-refractivity contribution in [3.05, 3.63) is 53.1 Å². The van der Waals surface area contributed by atoms with Gasteiger partial charge >= 0.3 is 5.97 Å². The molecular formula is C26H33NO12. The van der Waals surface area contributed by atoms with Gasteiger partial charge in [-0.3, -0.25) is 4.79 Å². The van der Waals surface area contributed by atoms with E-state index >= 15 is 0 Å². The number of fused-ring (bicyclic) bond motifs is 1. The highest BCUT2D eigenvalue weighted by Gasteiger charge is 2.44. The van der Waals surface area contributed by atoms with Crippen LogP contribution in [0.4, 0.5) is 0 Å². The van der Waals surface area contributed by atoms with Crippen LogP contribution in [0.2, 0.25) is 0 Å². The molecule has 2 saturated heterocycles. The number of hydrogen-bond acceptors (Lipinski definition) is 12. The third-order valence-corrected chi connectivity index (χ3v) is 6.58. The summed E-state index contributed by atoms with van der Waals surface area (Å²) in [5.74, 6) is -0.990. The number of hydrogen-bond donors (Lipinski definition) is 6. The smallest absolute Gasteiger partial charge is 0.338 e. The molecule has 1 aliphatic carbocycles. The van der Waals surface area contributed by atoms with Gasteiger partial charge in [0.1, 0.15) is 49.5 Å². The second-order valence-corrected chi connectivity index (χ2v) is 9.26. The maximum absolute atomic E-state index is 13.0. The molecule has 1 amide bonds. The molecule has 8 atom stereocenters. The normalized spacial score (nSPS) is 32.5. The number of amides is 1. The first-order valence-electron chi connectivity index (χ1n) is 12.5. The summed E-state index contributed by atoms with van der Waals surface area (Å²) in [6.45, 7) is -0.683. The largest absolute Gasteiger partial charge is 0.456 e. The van der Waals surface area contributed by atoms with E-state index in [1.807, 2.05) is 0 Å². The molecule has 0 spiro atoms. The van der Waals surface area contributed by atoms with Crippen molar-refractivity contribution in [3.63, 3.8) is 0 Å². The van der Waals surface area contributed by atoms with Gasteiger partial charge in [0.15, 0.2) is 6.29 Å². The molecule has 2 aliphatic heterocycles. The third-order valence-electron chi connectivity index (χ3n) is 6.58. The molecule has 0 bridgehead atoms. The summed E-state index contributed by atoms with van der Waals surface area (Å²) >= 11 is 0. The Morgan fingerprint density at radius 1 is 1.10 bits per heavy atom. The second-order valence-electron chi connectivity index (χ2n) is 9.26. The Hall–Kier alpha value is -2.72. The summed E-state index contributed by atoms with van der Waals surface area (Å²) in [6, 6.07) is 6.60. The van der Waals surface area contributed by atoms with Crippen LogP contribution in [0.5, 0.6) is 0 Å². The molecule has 0 aromatic heterocycles. The van der Waals surface area contributed by atoms with Crippen molar-refractivity contribution in [1.29, 1.82) is 0 Å². The zero-order valence-corrected chi connectivity index (χ0v) is 21.0. The van der Waals surface area contributed by atoms with E-state index in [-0.39, 0.29) is 44.4 Å². The fraction of sp³-hybridized carbons (Fsp3) is 0.538. The lowest BCUT2D eigenvalue weighted by Crippen LogP contribution is -2.59. The molecule has 8 unspecified atom stereocenters. The maximum Gasteiger partial charge on any atom is 0.338 e. The summed E-state index contributed by atoms with van der Waals surface area (Å²) in [7, 11) is 0. The van der Waals surface area contributed by atoms with E-state index in [9.17, 15) is 30.0 Å². The van der Waals surface area contributed by atoms with E-state index in [1.165, 1.54) is 0 Å². The van der Waals surface area contributed by atoms with Crippen LogP contribution >= 0.6 is 0 Å². The minimum absolute atomic E-state index is 0.0108. The predicted molar refractivity (Wildman–Crippen MR) is 132 cm³/mol. The van der Waals surface area contributed by atoms with Gasteiger partial charge in [-0.1, -0.05) is 24.3 Å². The van der Waals surface area contributed by atoms with Gasteiger partial charge < -0.3 is 54.5 Å². The van der Waals surface area contributed by atoms with Gasteiger partial charge in [0.05, 0.1) is 25.4 Å². The number of aliphatic hydroxyl groups is 5. The zero-order chi connectivity index (χ0) is 27.9. The molecule has 13 heteroatoms. The monoisotopic (exact) mass is 551 g/mol. The highest BCUT2D eigenvalue weighted by molar-refractivity contribution is 5.94. The minimum Gasteiger partial charge on any atom is -0.456 e. The second kappa shape index (κ2) is 13.6. The van der Waals surface area contributed by atoms with Crippen molar-refractivity contribution >= 4 is 18.0 Å². The van der Waals surface area contributed by atoms with Gasteiger partial charge in [0.25, 0.3) is 0 Å². The first kappa shape index (κ1) is 29.3. The number of ether oxygens (including phenoxy) is 5. The number of aliphatic hydroxyl groups excluding tert-OH is 5. The van der Waals surface area contributed by atoms with Gasteiger partial charge in [-0.2, -0.15) is 0 Å². The topological polar surface area (TPSA) is 193 Å². The number of rotatable bonds is 10. The quantitative estimate of drug-likeness (QED) is 0.179. The molecule has 6 N–H and O–H groups in total. The molecule has 214 valence electrons. The number of benzene rings is 1. The molecule has 2 fully saturated rings. The molecule has 0 saturated carbocycles. The zero-order valence-electron chi connectivity index (χ0n) is 21.0. The van der Waals surface area contributed by atoms with Crippen LogP contribution in [-0.2, 0) is 28.5 Å². The van der Waals surface area contributed by atoms with Crippen LogP contribution in [0, 0.1) is 0 Å². The molecule has 39 heavy (non-hydrogen) atoms. The molecule has 1 aromatic carbocycles. The van der Waals surface area contributed by atoms with E-state index in [0.29, 0.717) is 11.1 Å². The van der Waals surface area contributed by atoms with Crippen LogP contribution in [0.25, 0.3) is 6.08 Å². The average molecular weight is 552 g/mol. The van der Waals surface area contributed by atoms with Gasteiger partial charge in [-0.05, 0) is 23.8 Å². The summed E-state index contributed by atoms with van der Waals surface area (Å²) in [5, 5.41) is 50.5. The highest BCUT2D eigenvalue weighted by Crippen LogP contribution is 2.31. The van der Waals surface area contributed by atoms with Gasteiger partial charge in [-0.25, -0.2) is 4.79 Å². The number of carbonyl (C=O) groups is 2. The molecule has 1 aromatic rings. The van der Waals surface area contributed by atoms with Gasteiger partial charge in [0, 0.05) is 18.5 Å². The Balaban J connectivity index is 1.34. The SMILES string of the molecule is O=C(NCCO)C1=CC2OCOC2C(OC(=O)c2cccc(C=CCOC3OC(CO)C(O)C(O)C3O)c2)C1. The number of esters is 1. The van der Waals surface area contributed by atoms with Crippen molar-refractivity contribution in [2.45, 2.75) is 55.4 Å². The average Bonchev–Trinajstić information content (AvgIpc) is 3.43. The minimum atomic E-state index is -1.53. The summed E-state index contributed by atoms with van der Waals surface area (Å²) < 4.78 is 27.5. The number of nitrogens with one attached hydrogen (secondary N) is 1. The third kappa shape index (κ3) is 7.08. The van der Waals surface area contributed by atoms with E-state index in [1.54, 1.807) is 42.5 Å². The van der Waals surface area contributed by atoms with E-state index in [4.69, 9.17) is 28.8 Å². The van der Waals surface area contributed by atoms with Crippen LogP contribution in [0.3, 0.4) is 0 Å². The molecule has 0 radical (unpaired) electrons. The maximum atomic E-state index is 13.0. The van der Waals surface area contributed by atoms with Crippen molar-refractivity contribution in [1.82, 2.24) is 5.32 Å². The van der Waals surface area contributed by atoms with Crippen LogP contribution in [0.1, 0.15) is 22.3 Å². The lowest BCUT2D eigenvalue weighted by atomic mass is 9.91. The number of carbonyl (C=O) groups excluding carboxylic acids is 2. The summed E-state index contributed by atoms with van der Waals surface area (Å²) in [6.07, 6.45) is -3.63. The van der Waals surface area contributed by atoms with Gasteiger partial charge in [0.2, 0.25) is 5.91 Å². The van der Waals surface area contributed by atoms with Crippen LogP contribution in [0.15, 0.2) is 42.0 Å². The fourth-order valence-electron chi connectivity index (χ4n) is 4.52. The van der Waals surface area contributed by atoms with Crippen LogP contribution in [-0.4, -0.2) is 120 Å². The van der Waals surface area contributed by atoms with Crippen molar-refractivity contribution < 1.29 is 58.8 Å². The first-order chi connectivity index (χ1) is 18.8. The standard InChI is InChI=1S/C26H33NO12/c28-7-6-27-24(33)16-10-17-23(37-13-36-17)18(11-16)38-25(34)15-5-1-3-14(9-15)4-2-8-35-26-22(32)21(31)20(30)19(12-29)39-26/h1-5,9-10,17-23,26,28-32H,6-8,11-13H2,(H,27,33). The van der Waals surface area contributed by atoms with E-state index in [2.05, 4.69) is 5.32 Å². The lowest BCUT2D eigenvalue weighted by Gasteiger charge is -2.39. The highest BCUT2D eigenvalue weighted by atomic mass is 16.7. The van der Waals surface area contributed by atoms with Crippen molar-refractivity contribution in [2.24, 2.45) is 0 Å². The van der Waals surface area contributed by atoms with Crippen LogP contribution < -0.4 is 5.32 Å². The Bertz CT molecular complexity index is 1060.